The molecule has 6 heteroatoms. The first kappa shape index (κ1) is 13.8. The highest BCUT2D eigenvalue weighted by molar-refractivity contribution is 9.10. The number of hydrogen-bond acceptors (Lipinski definition) is 2. The highest BCUT2D eigenvalue weighted by Crippen LogP contribution is 2.32. The zero-order chi connectivity index (χ0) is 14.0. The van der Waals surface area contributed by atoms with Crippen LogP contribution in [0, 0.1) is 5.82 Å². The van der Waals surface area contributed by atoms with Gasteiger partial charge in [-0.05, 0) is 46.3 Å². The zero-order valence-corrected chi connectivity index (χ0v) is 11.8. The molecule has 0 heterocycles. The van der Waals surface area contributed by atoms with Gasteiger partial charge in [0.05, 0.1) is 15.1 Å². The van der Waals surface area contributed by atoms with Crippen LogP contribution in [0.3, 0.4) is 0 Å². The van der Waals surface area contributed by atoms with E-state index in [2.05, 4.69) is 15.9 Å². The van der Waals surface area contributed by atoms with Crippen molar-refractivity contribution >= 4 is 33.4 Å². The minimum absolute atomic E-state index is 0.197. The molecule has 0 saturated heterocycles. The van der Waals surface area contributed by atoms with E-state index in [4.69, 9.17) is 22.1 Å². The number of carbonyl (C=O) groups excluding carboxylic acids is 1. The number of carbonyl (C=O) groups is 1. The molecule has 0 radical (unpaired) electrons. The number of hydrogen-bond donors (Lipinski definition) is 1. The Hall–Kier alpha value is -1.59. The van der Waals surface area contributed by atoms with Gasteiger partial charge in [-0.25, -0.2) is 4.39 Å². The molecule has 3 nitrogen and oxygen atoms in total. The summed E-state index contributed by atoms with van der Waals surface area (Å²) in [6, 6.07) is 8.54. The van der Waals surface area contributed by atoms with E-state index in [0.717, 1.165) is 0 Å². The molecular formula is C13H8BrClFNO2. The first-order valence-corrected chi connectivity index (χ1v) is 6.37. The molecule has 0 saturated carbocycles. The van der Waals surface area contributed by atoms with Crippen LogP contribution in [0.2, 0.25) is 5.02 Å². The van der Waals surface area contributed by atoms with Gasteiger partial charge >= 0.3 is 0 Å². The maximum absolute atomic E-state index is 12.9. The minimum atomic E-state index is -0.612. The molecule has 19 heavy (non-hydrogen) atoms. The summed E-state index contributed by atoms with van der Waals surface area (Å²) < 4.78 is 18.9. The number of nitrogens with two attached hydrogens (primary N) is 1. The summed E-state index contributed by atoms with van der Waals surface area (Å²) >= 11 is 9.09. The molecule has 0 spiro atoms. The van der Waals surface area contributed by atoms with E-state index < -0.39 is 5.91 Å². The smallest absolute Gasteiger partial charge is 0.250 e. The van der Waals surface area contributed by atoms with Gasteiger partial charge < -0.3 is 10.5 Å². The van der Waals surface area contributed by atoms with Gasteiger partial charge in [-0.2, -0.15) is 0 Å². The third-order valence-electron chi connectivity index (χ3n) is 2.33. The van der Waals surface area contributed by atoms with Crippen LogP contribution in [0.15, 0.2) is 40.9 Å². The maximum atomic E-state index is 12.9. The fourth-order valence-electron chi connectivity index (χ4n) is 1.44. The molecule has 2 aromatic carbocycles. The van der Waals surface area contributed by atoms with Crippen LogP contribution < -0.4 is 10.5 Å². The third kappa shape index (κ3) is 3.24. The summed E-state index contributed by atoms with van der Waals surface area (Å²) in [4.78, 5) is 11.0. The summed E-state index contributed by atoms with van der Waals surface area (Å²) in [5.74, 6) is -0.132. The standard InChI is InChI=1S/C13H8BrClFNO2/c14-10-5-7(16)1-4-12(10)19-8-2-3-9(13(17)18)11(15)6-8/h1-6H,(H2,17,18). The second kappa shape index (κ2) is 5.59. The molecule has 2 N–H and O–H groups in total. The molecular weight excluding hydrogens is 337 g/mol. The van der Waals surface area contributed by atoms with Crippen molar-refractivity contribution in [3.63, 3.8) is 0 Å². The van der Waals surface area contributed by atoms with E-state index in [1.54, 1.807) is 6.07 Å². The summed E-state index contributed by atoms with van der Waals surface area (Å²) in [6.45, 7) is 0. The molecule has 0 bridgehead atoms. The molecule has 2 aromatic rings. The second-order valence-electron chi connectivity index (χ2n) is 3.68. The molecule has 98 valence electrons. The highest BCUT2D eigenvalue weighted by atomic mass is 79.9. The Bertz CT molecular complexity index is 649. The van der Waals surface area contributed by atoms with Crippen LogP contribution in [0.5, 0.6) is 11.5 Å². The average Bonchev–Trinajstić information content (AvgIpc) is 2.32. The second-order valence-corrected chi connectivity index (χ2v) is 4.94. The topological polar surface area (TPSA) is 52.3 Å². The van der Waals surface area contributed by atoms with E-state index in [9.17, 15) is 9.18 Å². The number of primary amides is 1. The maximum Gasteiger partial charge on any atom is 0.250 e. The SMILES string of the molecule is NC(=O)c1ccc(Oc2ccc(F)cc2Br)cc1Cl. The Balaban J connectivity index is 2.29. The lowest BCUT2D eigenvalue weighted by Gasteiger charge is -2.09. The lowest BCUT2D eigenvalue weighted by molar-refractivity contribution is 0.100. The van der Waals surface area contributed by atoms with Gasteiger partial charge in [0.15, 0.2) is 0 Å². The molecule has 0 atom stereocenters. The Morgan fingerprint density at radius 2 is 2.00 bits per heavy atom. The fourth-order valence-corrected chi connectivity index (χ4v) is 2.14. The quantitative estimate of drug-likeness (QED) is 0.910. The molecule has 2 rings (SSSR count). The van der Waals surface area contributed by atoms with E-state index in [0.29, 0.717) is 16.0 Å². The molecule has 0 aliphatic heterocycles. The number of halogens is 3. The van der Waals surface area contributed by atoms with Crippen molar-refractivity contribution in [2.24, 2.45) is 5.73 Å². The Labute approximate surface area is 122 Å². The van der Waals surface area contributed by atoms with Gasteiger partial charge in [-0.15, -0.1) is 0 Å². The van der Waals surface area contributed by atoms with Gasteiger partial charge in [0.2, 0.25) is 5.91 Å². The van der Waals surface area contributed by atoms with E-state index in [1.165, 1.54) is 30.3 Å². The van der Waals surface area contributed by atoms with Crippen LogP contribution in [0.25, 0.3) is 0 Å². The number of rotatable bonds is 3. The zero-order valence-electron chi connectivity index (χ0n) is 9.49. The largest absolute Gasteiger partial charge is 0.456 e. The van der Waals surface area contributed by atoms with E-state index >= 15 is 0 Å². The van der Waals surface area contributed by atoms with Crippen LogP contribution in [-0.2, 0) is 0 Å². The number of ether oxygens (including phenoxy) is 1. The number of benzene rings is 2. The molecule has 0 fully saturated rings. The van der Waals surface area contributed by atoms with Crippen LogP contribution in [-0.4, -0.2) is 5.91 Å². The van der Waals surface area contributed by atoms with Crippen LogP contribution in [0.4, 0.5) is 4.39 Å². The molecule has 0 aliphatic carbocycles. The van der Waals surface area contributed by atoms with Crippen molar-refractivity contribution in [2.75, 3.05) is 0 Å². The van der Waals surface area contributed by atoms with Crippen LogP contribution >= 0.6 is 27.5 Å². The summed E-state index contributed by atoms with van der Waals surface area (Å²) in [6.07, 6.45) is 0. The van der Waals surface area contributed by atoms with Crippen molar-refractivity contribution in [3.05, 3.63) is 57.3 Å². The van der Waals surface area contributed by atoms with Gasteiger partial charge in [-0.3, -0.25) is 4.79 Å². The van der Waals surface area contributed by atoms with Crippen molar-refractivity contribution in [3.8, 4) is 11.5 Å². The highest BCUT2D eigenvalue weighted by Gasteiger charge is 2.09. The molecule has 1 amide bonds. The Kier molecular flexibility index (Phi) is 4.07. The van der Waals surface area contributed by atoms with E-state index in [1.807, 2.05) is 0 Å². The predicted molar refractivity (Wildman–Crippen MR) is 74.1 cm³/mol. The van der Waals surface area contributed by atoms with Crippen molar-refractivity contribution in [2.45, 2.75) is 0 Å². The first-order valence-electron chi connectivity index (χ1n) is 5.19. The lowest BCUT2D eigenvalue weighted by Crippen LogP contribution is -2.11. The normalized spacial score (nSPS) is 10.3. The lowest BCUT2D eigenvalue weighted by atomic mass is 10.2. The van der Waals surface area contributed by atoms with Crippen molar-refractivity contribution in [1.29, 1.82) is 0 Å². The average molecular weight is 345 g/mol. The van der Waals surface area contributed by atoms with E-state index in [-0.39, 0.29) is 16.4 Å². The summed E-state index contributed by atoms with van der Waals surface area (Å²) in [5, 5.41) is 0.197. The summed E-state index contributed by atoms with van der Waals surface area (Å²) in [5.41, 5.74) is 5.36. The Morgan fingerprint density at radius 1 is 1.26 bits per heavy atom. The predicted octanol–water partition coefficient (Wildman–Crippen LogP) is 4.13. The molecule has 0 aromatic heterocycles. The molecule has 0 unspecified atom stereocenters. The van der Waals surface area contributed by atoms with Crippen molar-refractivity contribution < 1.29 is 13.9 Å². The summed E-state index contributed by atoms with van der Waals surface area (Å²) in [7, 11) is 0. The fraction of sp³-hybridized carbons (Fsp3) is 0. The third-order valence-corrected chi connectivity index (χ3v) is 3.26. The number of amides is 1. The van der Waals surface area contributed by atoms with Gasteiger partial charge in [0, 0.05) is 6.07 Å². The van der Waals surface area contributed by atoms with Crippen LogP contribution in [0.1, 0.15) is 10.4 Å². The van der Waals surface area contributed by atoms with Gasteiger partial charge in [0.25, 0.3) is 0 Å². The van der Waals surface area contributed by atoms with Gasteiger partial charge in [-0.1, -0.05) is 11.6 Å². The van der Waals surface area contributed by atoms with Gasteiger partial charge in [0.1, 0.15) is 17.3 Å². The minimum Gasteiger partial charge on any atom is -0.456 e. The monoisotopic (exact) mass is 343 g/mol. The molecule has 0 aliphatic rings. The first-order chi connectivity index (χ1) is 8.97. The Morgan fingerprint density at radius 3 is 2.58 bits per heavy atom. The van der Waals surface area contributed by atoms with Crippen molar-refractivity contribution in [1.82, 2.24) is 0 Å².